The van der Waals surface area contributed by atoms with E-state index < -0.39 is 58.0 Å². The van der Waals surface area contributed by atoms with Gasteiger partial charge in [-0.2, -0.15) is 0 Å². The molecule has 0 aromatic carbocycles. The molecule has 0 radical (unpaired) electrons. The first-order valence-corrected chi connectivity index (χ1v) is 10.1. The second-order valence-corrected chi connectivity index (χ2v) is 9.83. The smallest absolute Gasteiger partial charge is 0.449 e. The number of aliphatic hydroxyl groups excluding tert-OH is 5. The first kappa shape index (κ1) is 30.6. The van der Waals surface area contributed by atoms with Gasteiger partial charge in [-0.1, -0.05) is 15.9 Å². The molecule has 16 heteroatoms. The Labute approximate surface area is 193 Å². The van der Waals surface area contributed by atoms with Crippen LogP contribution in [0.3, 0.4) is 0 Å². The lowest BCUT2D eigenvalue weighted by Gasteiger charge is -2.42. The molecular formula is C12H20Br4O12. The summed E-state index contributed by atoms with van der Waals surface area (Å²) in [5.74, 6) is 0. The van der Waals surface area contributed by atoms with Gasteiger partial charge in [0.25, 0.3) is 0 Å². The fraction of sp³-hybridized carbons (Fsp3) is 0.833. The summed E-state index contributed by atoms with van der Waals surface area (Å²) in [4.78, 5) is 18.4. The van der Waals surface area contributed by atoms with Gasteiger partial charge in [-0.05, 0) is 31.9 Å². The Kier molecular flexibility index (Phi) is 15.7. The van der Waals surface area contributed by atoms with Crippen molar-refractivity contribution >= 4 is 76.4 Å². The van der Waals surface area contributed by atoms with E-state index in [0.717, 1.165) is 0 Å². The molecule has 0 saturated carbocycles. The highest BCUT2D eigenvalue weighted by Crippen LogP contribution is 2.50. The van der Waals surface area contributed by atoms with Gasteiger partial charge < -0.3 is 45.2 Å². The highest BCUT2D eigenvalue weighted by Gasteiger charge is 2.54. The fourth-order valence-electron chi connectivity index (χ4n) is 1.39. The van der Waals surface area contributed by atoms with Crippen LogP contribution in [0.5, 0.6) is 0 Å². The molecule has 7 N–H and O–H groups in total. The average Bonchev–Trinajstić information content (AvgIpc) is 2.61. The zero-order chi connectivity index (χ0) is 22.6. The molecule has 0 aromatic heterocycles. The number of carbonyl (C=O) groups is 2. The molecule has 168 valence electrons. The minimum absolute atomic E-state index is 0.184. The fourth-order valence-corrected chi connectivity index (χ4v) is 3.84. The molecule has 0 aliphatic carbocycles. The van der Waals surface area contributed by atoms with Crippen LogP contribution < -0.4 is 0 Å². The number of carboxylic acid groups (broad SMARTS) is 2. The summed E-state index contributed by atoms with van der Waals surface area (Å²) in [6.07, 6.45) is -3.62. The molecule has 0 saturated heterocycles. The number of alkyl halides is 3. The maximum absolute atomic E-state index is 9.90. The van der Waals surface area contributed by atoms with Crippen LogP contribution in [-0.2, 0) is 13.3 Å². The van der Waals surface area contributed by atoms with Gasteiger partial charge in [-0.15, -0.1) is 0 Å². The number of hydrogen-bond acceptors (Lipinski definition) is 10. The van der Waals surface area contributed by atoms with Crippen molar-refractivity contribution in [2.24, 2.45) is 10.8 Å². The highest BCUT2D eigenvalue weighted by atomic mass is 79.9. The van der Waals surface area contributed by atoms with Crippen molar-refractivity contribution in [2.75, 3.05) is 39.6 Å². The lowest BCUT2D eigenvalue weighted by Crippen LogP contribution is -2.53. The van der Waals surface area contributed by atoms with Crippen LogP contribution in [-0.4, -0.2) is 96.1 Å². The second kappa shape index (κ2) is 14.4. The summed E-state index contributed by atoms with van der Waals surface area (Å²) in [6, 6.07) is 0. The third kappa shape index (κ3) is 9.46. The second-order valence-electron chi connectivity index (χ2n) is 5.34. The van der Waals surface area contributed by atoms with Gasteiger partial charge in [0.15, 0.2) is 0 Å². The maximum Gasteiger partial charge on any atom is 0.516 e. The molecule has 12 nitrogen and oxygen atoms in total. The van der Waals surface area contributed by atoms with Crippen LogP contribution in [0.25, 0.3) is 0 Å². The van der Waals surface area contributed by atoms with Gasteiger partial charge in [0.05, 0.1) is 45.1 Å². The van der Waals surface area contributed by atoms with Gasteiger partial charge in [0.2, 0.25) is 3.42 Å². The SMILES string of the molecule is O=C(O)OC(=O)O.OCC(CO)(CO)COCC(CO)(C(O)Br)C(Br)(Br)OBr. The molecule has 0 fully saturated rings. The van der Waals surface area contributed by atoms with E-state index in [2.05, 4.69) is 68.8 Å². The predicted octanol–water partition coefficient (Wildman–Crippen LogP) is 0.787. The van der Waals surface area contributed by atoms with Crippen molar-refractivity contribution in [1.29, 1.82) is 0 Å². The van der Waals surface area contributed by atoms with E-state index in [1.165, 1.54) is 0 Å². The summed E-state index contributed by atoms with van der Waals surface area (Å²) in [7, 11) is 0. The molecule has 28 heavy (non-hydrogen) atoms. The Hall–Kier alpha value is 0.380. The van der Waals surface area contributed by atoms with Gasteiger partial charge in [-0.3, -0.25) is 3.83 Å². The van der Waals surface area contributed by atoms with E-state index in [9.17, 15) is 35.1 Å². The topological polar surface area (TPSA) is 203 Å². The number of hydrogen-bond donors (Lipinski definition) is 7. The maximum atomic E-state index is 9.90. The lowest BCUT2D eigenvalue weighted by molar-refractivity contribution is -0.111. The Morgan fingerprint density at radius 2 is 1.32 bits per heavy atom. The number of halogens is 4. The van der Waals surface area contributed by atoms with E-state index >= 15 is 0 Å². The van der Waals surface area contributed by atoms with E-state index in [0.29, 0.717) is 0 Å². The molecule has 2 atom stereocenters. The molecular weight excluding hydrogens is 656 g/mol. The molecule has 0 amide bonds. The Morgan fingerprint density at radius 3 is 1.54 bits per heavy atom. The number of aliphatic hydroxyl groups is 5. The molecule has 0 heterocycles. The van der Waals surface area contributed by atoms with Gasteiger partial charge in [0, 0.05) is 0 Å². The van der Waals surface area contributed by atoms with Crippen molar-refractivity contribution in [3.05, 3.63) is 0 Å². The first-order chi connectivity index (χ1) is 12.8. The monoisotopic (exact) mass is 672 g/mol. The van der Waals surface area contributed by atoms with Crippen LogP contribution in [0.4, 0.5) is 9.59 Å². The van der Waals surface area contributed by atoms with Crippen LogP contribution in [0.15, 0.2) is 0 Å². The molecule has 0 aromatic rings. The summed E-state index contributed by atoms with van der Waals surface area (Å²) in [6.45, 7) is -2.38. The number of ether oxygens (including phenoxy) is 2. The summed E-state index contributed by atoms with van der Waals surface area (Å²) in [5.41, 5.74) is -2.59. The standard InChI is InChI=1S/C10H18Br4O7.C2H2O5/c11-7(19)9(4-18,10(12,13)21-14)6-20-5-8(1-15,2-16)3-17;3-1(4)7-2(5)6/h7,15-19H,1-6H2;(H,3,4)(H,5,6). The molecule has 0 spiro atoms. The predicted molar refractivity (Wildman–Crippen MR) is 107 cm³/mol. The molecule has 0 aliphatic heterocycles. The Bertz CT molecular complexity index is 453. The van der Waals surface area contributed by atoms with Crippen molar-refractivity contribution in [3.63, 3.8) is 0 Å². The van der Waals surface area contributed by atoms with Gasteiger partial charge in [0.1, 0.15) is 26.7 Å². The highest BCUT2D eigenvalue weighted by molar-refractivity contribution is 9.25. The van der Waals surface area contributed by atoms with Gasteiger partial charge >= 0.3 is 12.3 Å². The minimum Gasteiger partial charge on any atom is -0.449 e. The zero-order valence-electron chi connectivity index (χ0n) is 14.0. The lowest BCUT2D eigenvalue weighted by atomic mass is 9.90. The third-order valence-corrected chi connectivity index (χ3v) is 7.50. The quantitative estimate of drug-likeness (QED) is 0.0923. The van der Waals surface area contributed by atoms with Crippen LogP contribution >= 0.6 is 64.0 Å². The zero-order valence-corrected chi connectivity index (χ0v) is 20.3. The third-order valence-electron chi connectivity index (χ3n) is 3.36. The average molecular weight is 676 g/mol. The van der Waals surface area contributed by atoms with Crippen molar-refractivity contribution < 1.29 is 58.6 Å². The van der Waals surface area contributed by atoms with E-state index in [1.54, 1.807) is 0 Å². The van der Waals surface area contributed by atoms with Crippen LogP contribution in [0, 0.1) is 10.8 Å². The molecule has 0 aliphatic rings. The summed E-state index contributed by atoms with van der Waals surface area (Å²) in [5, 5.41) is 60.9. The van der Waals surface area contributed by atoms with E-state index in [-0.39, 0.29) is 13.2 Å². The Balaban J connectivity index is 0. The van der Waals surface area contributed by atoms with Crippen LogP contribution in [0.2, 0.25) is 0 Å². The van der Waals surface area contributed by atoms with Crippen molar-refractivity contribution in [3.8, 4) is 0 Å². The molecule has 0 rings (SSSR count). The summed E-state index contributed by atoms with van der Waals surface area (Å²) >= 11 is 12.1. The first-order valence-electron chi connectivity index (χ1n) is 6.98. The Morgan fingerprint density at radius 1 is 0.893 bits per heavy atom. The van der Waals surface area contributed by atoms with E-state index in [4.69, 9.17) is 18.8 Å². The van der Waals surface area contributed by atoms with E-state index in [1.807, 2.05) is 0 Å². The largest absolute Gasteiger partial charge is 0.516 e. The van der Waals surface area contributed by atoms with Crippen molar-refractivity contribution in [2.45, 2.75) is 8.43 Å². The molecule has 2 unspecified atom stereocenters. The number of rotatable bonds is 11. The van der Waals surface area contributed by atoms with Crippen molar-refractivity contribution in [1.82, 2.24) is 0 Å². The molecule has 0 bridgehead atoms. The normalized spacial score (nSPS) is 15.0. The van der Waals surface area contributed by atoms with Crippen LogP contribution in [0.1, 0.15) is 0 Å². The minimum atomic E-state index is -1.81. The van der Waals surface area contributed by atoms with Gasteiger partial charge in [-0.25, -0.2) is 9.59 Å². The summed E-state index contributed by atoms with van der Waals surface area (Å²) < 4.78 is 12.1.